The molecule has 102 valence electrons. The van der Waals surface area contributed by atoms with Crippen molar-refractivity contribution < 1.29 is 9.13 Å². The van der Waals surface area contributed by atoms with E-state index >= 15 is 0 Å². The molecule has 0 aliphatic rings. The van der Waals surface area contributed by atoms with Crippen molar-refractivity contribution in [1.29, 1.82) is 5.26 Å². The Hall–Kier alpha value is -1.76. The predicted octanol–water partition coefficient (Wildman–Crippen LogP) is 4.67. The van der Waals surface area contributed by atoms with Crippen LogP contribution in [0.25, 0.3) is 0 Å². The topological polar surface area (TPSA) is 33.0 Å². The Morgan fingerprint density at radius 2 is 2.00 bits per heavy atom. The van der Waals surface area contributed by atoms with Gasteiger partial charge in [0.1, 0.15) is 18.2 Å². The quantitative estimate of drug-likeness (QED) is 0.769. The van der Waals surface area contributed by atoms with Crippen molar-refractivity contribution in [2.75, 3.05) is 0 Å². The molecule has 2 nitrogen and oxygen atoms in total. The van der Waals surface area contributed by atoms with Crippen molar-refractivity contribution in [3.05, 3.63) is 63.9 Å². The van der Waals surface area contributed by atoms with Gasteiger partial charge in [-0.15, -0.1) is 11.6 Å². The van der Waals surface area contributed by atoms with E-state index in [1.165, 1.54) is 18.2 Å². The summed E-state index contributed by atoms with van der Waals surface area (Å²) in [5, 5.41) is 9.21. The third-order valence-electron chi connectivity index (χ3n) is 2.71. The van der Waals surface area contributed by atoms with Crippen molar-refractivity contribution in [3.63, 3.8) is 0 Å². The van der Waals surface area contributed by atoms with Gasteiger partial charge in [0.2, 0.25) is 0 Å². The van der Waals surface area contributed by atoms with Gasteiger partial charge in [0.05, 0.1) is 16.7 Å². The highest BCUT2D eigenvalue weighted by Crippen LogP contribution is 2.27. The minimum atomic E-state index is -0.419. The number of hydrogen-bond acceptors (Lipinski definition) is 2. The predicted molar refractivity (Wildman–Crippen MR) is 76.5 cm³/mol. The lowest BCUT2D eigenvalue weighted by atomic mass is 10.1. The van der Waals surface area contributed by atoms with Gasteiger partial charge in [-0.2, -0.15) is 5.26 Å². The van der Waals surface area contributed by atoms with E-state index in [0.29, 0.717) is 27.8 Å². The summed E-state index contributed by atoms with van der Waals surface area (Å²) in [6.45, 7) is 0.00128. The van der Waals surface area contributed by atoms with Gasteiger partial charge < -0.3 is 4.74 Å². The summed E-state index contributed by atoms with van der Waals surface area (Å²) < 4.78 is 19.1. The Labute approximate surface area is 126 Å². The summed E-state index contributed by atoms with van der Waals surface area (Å²) in [6.07, 6.45) is 0. The highest BCUT2D eigenvalue weighted by atomic mass is 35.5. The lowest BCUT2D eigenvalue weighted by Gasteiger charge is -2.10. The van der Waals surface area contributed by atoms with Crippen LogP contribution < -0.4 is 4.74 Å². The van der Waals surface area contributed by atoms with Crippen LogP contribution in [0.4, 0.5) is 4.39 Å². The van der Waals surface area contributed by atoms with Crippen LogP contribution in [0.5, 0.6) is 5.75 Å². The molecule has 0 unspecified atom stereocenters. The number of benzene rings is 2. The van der Waals surface area contributed by atoms with Crippen LogP contribution in [0.2, 0.25) is 5.02 Å². The number of nitrogens with zero attached hydrogens (tertiary/aromatic N) is 1. The molecule has 0 spiro atoms. The van der Waals surface area contributed by atoms with Crippen LogP contribution >= 0.6 is 23.2 Å². The summed E-state index contributed by atoms with van der Waals surface area (Å²) in [6, 6.07) is 11.2. The van der Waals surface area contributed by atoms with Gasteiger partial charge in [-0.1, -0.05) is 17.7 Å². The van der Waals surface area contributed by atoms with E-state index < -0.39 is 5.82 Å². The first-order chi connectivity index (χ1) is 9.63. The molecule has 0 bridgehead atoms. The summed E-state index contributed by atoms with van der Waals surface area (Å²) in [7, 11) is 0. The van der Waals surface area contributed by atoms with Gasteiger partial charge in [0.25, 0.3) is 0 Å². The second kappa shape index (κ2) is 6.60. The molecule has 0 amide bonds. The van der Waals surface area contributed by atoms with Crippen molar-refractivity contribution in [2.45, 2.75) is 12.5 Å². The first-order valence-electron chi connectivity index (χ1n) is 5.79. The highest BCUT2D eigenvalue weighted by Gasteiger charge is 2.07. The molecule has 0 saturated heterocycles. The monoisotopic (exact) mass is 309 g/mol. The summed E-state index contributed by atoms with van der Waals surface area (Å²) in [4.78, 5) is 0. The Morgan fingerprint density at radius 3 is 2.65 bits per heavy atom. The molecule has 20 heavy (non-hydrogen) atoms. The van der Waals surface area contributed by atoms with E-state index in [1.54, 1.807) is 18.2 Å². The van der Waals surface area contributed by atoms with E-state index in [0.717, 1.165) is 5.56 Å². The number of hydrogen-bond donors (Lipinski definition) is 0. The Bertz CT molecular complexity index is 667. The molecule has 0 aliphatic heterocycles. The molecule has 0 heterocycles. The standard InChI is InChI=1S/C15H10Cl2FNO/c16-7-10-2-4-15(13(17)6-10)20-9-12-5-11(8-19)1-3-14(12)18/h1-6H,7,9H2. The number of rotatable bonds is 4. The van der Waals surface area contributed by atoms with Crippen LogP contribution in [0.1, 0.15) is 16.7 Å². The van der Waals surface area contributed by atoms with Gasteiger partial charge in [0.15, 0.2) is 0 Å². The first kappa shape index (κ1) is 14.6. The van der Waals surface area contributed by atoms with Crippen molar-refractivity contribution in [1.82, 2.24) is 0 Å². The van der Waals surface area contributed by atoms with E-state index in [-0.39, 0.29) is 6.61 Å². The molecule has 5 heteroatoms. The third-order valence-corrected chi connectivity index (χ3v) is 3.31. The van der Waals surface area contributed by atoms with Crippen LogP contribution in [-0.4, -0.2) is 0 Å². The molecule has 2 rings (SSSR count). The number of alkyl halides is 1. The van der Waals surface area contributed by atoms with Gasteiger partial charge in [-0.05, 0) is 35.9 Å². The molecule has 2 aromatic carbocycles. The molecule has 0 fully saturated rings. The van der Waals surface area contributed by atoms with Crippen LogP contribution in [0.3, 0.4) is 0 Å². The molecule has 0 radical (unpaired) electrons. The average Bonchev–Trinajstić information content (AvgIpc) is 2.47. The molecule has 2 aromatic rings. The summed E-state index contributed by atoms with van der Waals surface area (Å²) >= 11 is 11.7. The maximum atomic E-state index is 13.6. The lowest BCUT2D eigenvalue weighted by molar-refractivity contribution is 0.300. The van der Waals surface area contributed by atoms with Gasteiger partial charge >= 0.3 is 0 Å². The minimum Gasteiger partial charge on any atom is -0.487 e. The Balaban J connectivity index is 2.15. The van der Waals surface area contributed by atoms with Crippen LogP contribution in [0, 0.1) is 17.1 Å². The van der Waals surface area contributed by atoms with Crippen molar-refractivity contribution in [2.24, 2.45) is 0 Å². The number of halogens is 3. The largest absolute Gasteiger partial charge is 0.487 e. The van der Waals surface area contributed by atoms with Crippen molar-refractivity contribution in [3.8, 4) is 11.8 Å². The molecule has 0 aliphatic carbocycles. The first-order valence-corrected chi connectivity index (χ1v) is 6.71. The molecule has 0 atom stereocenters. The number of nitriles is 1. The minimum absolute atomic E-state index is 0.00128. The van der Waals surface area contributed by atoms with Gasteiger partial charge in [0, 0.05) is 11.4 Å². The fourth-order valence-electron chi connectivity index (χ4n) is 1.65. The molecule has 0 N–H and O–H groups in total. The SMILES string of the molecule is N#Cc1ccc(F)c(COc2ccc(CCl)cc2Cl)c1. The van der Waals surface area contributed by atoms with Crippen LogP contribution in [0.15, 0.2) is 36.4 Å². The zero-order valence-corrected chi connectivity index (χ0v) is 11.9. The Kier molecular flexibility index (Phi) is 4.84. The average molecular weight is 310 g/mol. The fourth-order valence-corrected chi connectivity index (χ4v) is 2.08. The summed E-state index contributed by atoms with van der Waals surface area (Å²) in [5.74, 6) is 0.388. The molecular formula is C15H10Cl2FNO. The maximum absolute atomic E-state index is 13.6. The third kappa shape index (κ3) is 3.41. The molecular weight excluding hydrogens is 300 g/mol. The molecule has 0 saturated carbocycles. The fraction of sp³-hybridized carbons (Fsp3) is 0.133. The smallest absolute Gasteiger partial charge is 0.138 e. The maximum Gasteiger partial charge on any atom is 0.138 e. The second-order valence-corrected chi connectivity index (χ2v) is 4.78. The molecule has 0 aromatic heterocycles. The zero-order chi connectivity index (χ0) is 14.5. The van der Waals surface area contributed by atoms with E-state index in [9.17, 15) is 4.39 Å². The van der Waals surface area contributed by atoms with E-state index in [1.807, 2.05) is 6.07 Å². The highest BCUT2D eigenvalue weighted by molar-refractivity contribution is 6.32. The summed E-state index contributed by atoms with van der Waals surface area (Å²) in [5.41, 5.74) is 1.57. The Morgan fingerprint density at radius 1 is 1.20 bits per heavy atom. The van der Waals surface area contributed by atoms with Gasteiger partial charge in [-0.3, -0.25) is 0 Å². The normalized spacial score (nSPS) is 10.1. The van der Waals surface area contributed by atoms with E-state index in [2.05, 4.69) is 0 Å². The lowest BCUT2D eigenvalue weighted by Crippen LogP contribution is -2.00. The van der Waals surface area contributed by atoms with E-state index in [4.69, 9.17) is 33.2 Å². The van der Waals surface area contributed by atoms with Crippen LogP contribution in [-0.2, 0) is 12.5 Å². The number of ether oxygens (including phenoxy) is 1. The second-order valence-electron chi connectivity index (χ2n) is 4.11. The zero-order valence-electron chi connectivity index (χ0n) is 10.4. The van der Waals surface area contributed by atoms with Gasteiger partial charge in [-0.25, -0.2) is 4.39 Å². The van der Waals surface area contributed by atoms with Crippen molar-refractivity contribution >= 4 is 23.2 Å².